The van der Waals surface area contributed by atoms with Crippen LogP contribution < -0.4 is 0 Å². The first-order valence-corrected chi connectivity index (χ1v) is 5.72. The van der Waals surface area contributed by atoms with Crippen LogP contribution in [0.3, 0.4) is 0 Å². The van der Waals surface area contributed by atoms with Crippen LogP contribution in [0.5, 0.6) is 0 Å². The fraction of sp³-hybridized carbons (Fsp3) is 0.889. The van der Waals surface area contributed by atoms with E-state index in [9.17, 15) is 5.11 Å². The van der Waals surface area contributed by atoms with Gasteiger partial charge in [-0.1, -0.05) is 0 Å². The van der Waals surface area contributed by atoms with Crippen LogP contribution in [0.25, 0.3) is 0 Å². The molecular formula is C9H13NO4S. The molecule has 0 aromatic heterocycles. The van der Waals surface area contributed by atoms with Crippen LogP contribution in [0.15, 0.2) is 0 Å². The van der Waals surface area contributed by atoms with E-state index in [0.29, 0.717) is 5.75 Å². The molecular weight excluding hydrogens is 218 g/mol. The van der Waals surface area contributed by atoms with Crippen LogP contribution in [0.4, 0.5) is 0 Å². The maximum Gasteiger partial charge on any atom is 0.184 e. The molecule has 0 aromatic rings. The number of nitriles is 1. The van der Waals surface area contributed by atoms with Gasteiger partial charge in [0.2, 0.25) is 0 Å². The number of hydrogen-bond acceptors (Lipinski definition) is 6. The summed E-state index contributed by atoms with van der Waals surface area (Å²) in [5.41, 5.74) is 0. The summed E-state index contributed by atoms with van der Waals surface area (Å²) in [5.74, 6) is -0.205. The third-order valence-electron chi connectivity index (χ3n) is 2.44. The Labute approximate surface area is 92.3 Å². The molecule has 0 aliphatic carbocycles. The van der Waals surface area contributed by atoms with Gasteiger partial charge in [0.05, 0.1) is 6.10 Å². The molecule has 2 fully saturated rings. The van der Waals surface area contributed by atoms with E-state index in [1.54, 1.807) is 13.8 Å². The van der Waals surface area contributed by atoms with E-state index in [1.165, 1.54) is 0 Å². The molecule has 2 saturated heterocycles. The van der Waals surface area contributed by atoms with Crippen molar-refractivity contribution < 1.29 is 19.3 Å². The van der Waals surface area contributed by atoms with Gasteiger partial charge in [-0.15, -0.1) is 0 Å². The Morgan fingerprint density at radius 1 is 1.40 bits per heavy atom. The predicted octanol–water partition coefficient (Wildman–Crippen LogP) is 0.438. The minimum Gasteiger partial charge on any atom is -0.366 e. The minimum absolute atomic E-state index is 0.281. The smallest absolute Gasteiger partial charge is 0.184 e. The summed E-state index contributed by atoms with van der Waals surface area (Å²) in [6, 6.07) is 0. The SMILES string of the molecule is CC1(C)O[C@@H]2[C@H](O1)[C@@H](CSC#N)O[C@H]2O. The van der Waals surface area contributed by atoms with Gasteiger partial charge in [0.1, 0.15) is 17.6 Å². The zero-order valence-electron chi connectivity index (χ0n) is 8.54. The Hall–Kier alpha value is -0.320. The van der Waals surface area contributed by atoms with Crippen LogP contribution in [0, 0.1) is 10.7 Å². The Morgan fingerprint density at radius 3 is 2.73 bits per heavy atom. The molecule has 84 valence electrons. The molecule has 0 bridgehead atoms. The highest BCUT2D eigenvalue weighted by Gasteiger charge is 2.54. The molecule has 4 atom stereocenters. The first-order chi connectivity index (χ1) is 7.03. The van der Waals surface area contributed by atoms with Gasteiger partial charge >= 0.3 is 0 Å². The van der Waals surface area contributed by atoms with E-state index < -0.39 is 18.2 Å². The van der Waals surface area contributed by atoms with Crippen molar-refractivity contribution in [2.75, 3.05) is 5.75 Å². The monoisotopic (exact) mass is 231 g/mol. The Morgan fingerprint density at radius 2 is 2.07 bits per heavy atom. The van der Waals surface area contributed by atoms with Gasteiger partial charge in [-0.25, -0.2) is 0 Å². The zero-order chi connectivity index (χ0) is 11.1. The number of ether oxygens (including phenoxy) is 3. The van der Waals surface area contributed by atoms with Gasteiger partial charge < -0.3 is 19.3 Å². The van der Waals surface area contributed by atoms with Crippen molar-refractivity contribution in [1.82, 2.24) is 0 Å². The van der Waals surface area contributed by atoms with Crippen molar-refractivity contribution in [1.29, 1.82) is 5.26 Å². The highest BCUT2D eigenvalue weighted by Crippen LogP contribution is 2.38. The zero-order valence-corrected chi connectivity index (χ0v) is 9.36. The summed E-state index contributed by atoms with van der Waals surface area (Å²) in [5, 5.41) is 20.0. The maximum absolute atomic E-state index is 9.58. The first kappa shape index (κ1) is 11.2. The number of hydrogen-bond donors (Lipinski definition) is 1. The standard InChI is InChI=1S/C9H13NO4S/c1-9(2)13-6-5(3-15-4-10)12-8(11)7(6)14-9/h5-8,11H,3H2,1-2H3/t5-,6-,7-,8-/m1/s1. The van der Waals surface area contributed by atoms with Gasteiger partial charge in [-0.05, 0) is 25.6 Å². The average molecular weight is 231 g/mol. The molecule has 2 heterocycles. The Bertz CT molecular complexity index is 290. The second-order valence-electron chi connectivity index (χ2n) is 4.03. The Kier molecular flexibility index (Phi) is 2.92. The van der Waals surface area contributed by atoms with Crippen molar-refractivity contribution in [2.45, 2.75) is 44.2 Å². The third-order valence-corrected chi connectivity index (χ3v) is 3.06. The number of thiocyanates is 1. The molecule has 0 aromatic carbocycles. The highest BCUT2D eigenvalue weighted by atomic mass is 32.2. The number of fused-ring (bicyclic) bond motifs is 1. The lowest BCUT2D eigenvalue weighted by molar-refractivity contribution is -0.217. The fourth-order valence-corrected chi connectivity index (χ4v) is 2.42. The van der Waals surface area contributed by atoms with Gasteiger partial charge in [0.25, 0.3) is 0 Å². The molecule has 0 spiro atoms. The number of aliphatic hydroxyl groups excluding tert-OH is 1. The molecule has 5 nitrogen and oxygen atoms in total. The third kappa shape index (κ3) is 2.12. The minimum atomic E-state index is -0.957. The van der Waals surface area contributed by atoms with Gasteiger partial charge in [-0.3, -0.25) is 0 Å². The summed E-state index contributed by atoms with van der Waals surface area (Å²) >= 11 is 1.09. The van der Waals surface area contributed by atoms with E-state index in [0.717, 1.165) is 11.8 Å². The largest absolute Gasteiger partial charge is 0.366 e. The highest BCUT2D eigenvalue weighted by molar-refractivity contribution is 8.03. The van der Waals surface area contributed by atoms with Gasteiger partial charge in [0, 0.05) is 5.75 Å². The fourth-order valence-electron chi connectivity index (χ4n) is 1.91. The van der Waals surface area contributed by atoms with Crippen molar-refractivity contribution >= 4 is 11.8 Å². The van der Waals surface area contributed by atoms with Crippen LogP contribution >= 0.6 is 11.8 Å². The van der Waals surface area contributed by atoms with E-state index >= 15 is 0 Å². The number of thioether (sulfide) groups is 1. The van der Waals surface area contributed by atoms with Gasteiger partial charge in [-0.2, -0.15) is 5.26 Å². The molecule has 2 rings (SSSR count). The molecule has 0 unspecified atom stereocenters. The normalized spacial score (nSPS) is 42.5. The topological polar surface area (TPSA) is 71.7 Å². The lowest BCUT2D eigenvalue weighted by atomic mass is 10.2. The average Bonchev–Trinajstić information content (AvgIpc) is 2.60. The van der Waals surface area contributed by atoms with Crippen molar-refractivity contribution in [3.63, 3.8) is 0 Å². The van der Waals surface area contributed by atoms with E-state index in [4.69, 9.17) is 19.5 Å². The molecule has 2 aliphatic rings. The second-order valence-corrected chi connectivity index (χ2v) is 4.84. The molecule has 2 aliphatic heterocycles. The van der Waals surface area contributed by atoms with E-state index in [2.05, 4.69) is 0 Å². The van der Waals surface area contributed by atoms with Crippen LogP contribution in [0.2, 0.25) is 0 Å². The lowest BCUT2D eigenvalue weighted by Crippen LogP contribution is -2.31. The van der Waals surface area contributed by atoms with E-state index in [-0.39, 0.29) is 12.2 Å². The molecule has 0 amide bonds. The summed E-state index contributed by atoms with van der Waals surface area (Å²) in [6.45, 7) is 3.60. The van der Waals surface area contributed by atoms with Crippen LogP contribution in [0.1, 0.15) is 13.8 Å². The van der Waals surface area contributed by atoms with Crippen molar-refractivity contribution in [3.8, 4) is 5.40 Å². The van der Waals surface area contributed by atoms with Crippen LogP contribution in [-0.2, 0) is 14.2 Å². The number of rotatable bonds is 2. The molecule has 0 radical (unpaired) electrons. The summed E-state index contributed by atoms with van der Waals surface area (Å²) < 4.78 is 16.4. The second kappa shape index (κ2) is 3.92. The van der Waals surface area contributed by atoms with Crippen LogP contribution in [-0.4, -0.2) is 41.2 Å². The maximum atomic E-state index is 9.58. The first-order valence-electron chi connectivity index (χ1n) is 4.73. The molecule has 6 heteroatoms. The molecule has 1 N–H and O–H groups in total. The van der Waals surface area contributed by atoms with Gasteiger partial charge in [0.15, 0.2) is 12.1 Å². The number of nitrogens with zero attached hydrogens (tertiary/aromatic N) is 1. The summed E-state index contributed by atoms with van der Waals surface area (Å²) in [7, 11) is 0. The Balaban J connectivity index is 2.03. The number of aliphatic hydroxyl groups is 1. The molecule has 15 heavy (non-hydrogen) atoms. The molecule has 0 saturated carbocycles. The predicted molar refractivity (Wildman–Crippen MR) is 52.8 cm³/mol. The lowest BCUT2D eigenvalue weighted by Gasteiger charge is -2.21. The summed E-state index contributed by atoms with van der Waals surface area (Å²) in [6.07, 6.45) is -1.96. The van der Waals surface area contributed by atoms with Crippen molar-refractivity contribution in [3.05, 3.63) is 0 Å². The quantitative estimate of drug-likeness (QED) is 0.695. The summed E-state index contributed by atoms with van der Waals surface area (Å²) in [4.78, 5) is 0. The van der Waals surface area contributed by atoms with E-state index in [1.807, 2.05) is 5.40 Å². The van der Waals surface area contributed by atoms with Crippen molar-refractivity contribution in [2.24, 2.45) is 0 Å².